The maximum absolute atomic E-state index is 13.7. The molecule has 0 unspecified atom stereocenters. The average Bonchev–Trinajstić information content (AvgIpc) is 2.99. The second-order valence-corrected chi connectivity index (χ2v) is 7.48. The molecule has 7 heteroatoms. The summed E-state index contributed by atoms with van der Waals surface area (Å²) in [5, 5.41) is 2.89. The van der Waals surface area contributed by atoms with Crippen molar-refractivity contribution in [3.8, 4) is 0 Å². The predicted molar refractivity (Wildman–Crippen MR) is 96.0 cm³/mol. The van der Waals surface area contributed by atoms with Crippen LogP contribution in [0.15, 0.2) is 18.2 Å². The molecule has 1 heterocycles. The molecule has 1 aromatic carbocycles. The van der Waals surface area contributed by atoms with Crippen molar-refractivity contribution in [1.82, 2.24) is 10.2 Å². The molecule has 2 amide bonds. The molecule has 2 atom stereocenters. The molecule has 0 aromatic heterocycles. The van der Waals surface area contributed by atoms with Crippen molar-refractivity contribution in [1.29, 1.82) is 0 Å². The number of nitrogens with zero attached hydrogens (tertiary/aromatic N) is 1. The molecule has 0 bridgehead atoms. The zero-order chi connectivity index (χ0) is 19.6. The van der Waals surface area contributed by atoms with E-state index >= 15 is 0 Å². The first-order valence-electron chi connectivity index (χ1n) is 9.60. The normalized spacial score (nSPS) is 22.7. The van der Waals surface area contributed by atoms with Gasteiger partial charge in [-0.15, -0.1) is 0 Å². The Bertz CT molecular complexity index is 699. The third-order valence-corrected chi connectivity index (χ3v) is 5.53. The first-order valence-corrected chi connectivity index (χ1v) is 9.60. The number of carbonyl (C=O) groups excluding carboxylic acids is 2. The zero-order valence-electron chi connectivity index (χ0n) is 15.8. The van der Waals surface area contributed by atoms with Gasteiger partial charge in [-0.3, -0.25) is 14.5 Å². The van der Waals surface area contributed by atoms with Crippen LogP contribution in [-0.2, 0) is 9.53 Å². The molecule has 0 radical (unpaired) electrons. The van der Waals surface area contributed by atoms with Crippen LogP contribution >= 0.6 is 0 Å². The molecule has 1 N–H and O–H groups in total. The van der Waals surface area contributed by atoms with Gasteiger partial charge in [0.15, 0.2) is 0 Å². The number of halogens is 2. The summed E-state index contributed by atoms with van der Waals surface area (Å²) in [6.07, 6.45) is 4.77. The van der Waals surface area contributed by atoms with Crippen molar-refractivity contribution >= 4 is 11.8 Å². The number of rotatable bonds is 4. The number of hydrogen-bond acceptors (Lipinski definition) is 3. The van der Waals surface area contributed by atoms with Crippen molar-refractivity contribution in [2.24, 2.45) is 0 Å². The highest BCUT2D eigenvalue weighted by atomic mass is 19.1. The highest BCUT2D eigenvalue weighted by Crippen LogP contribution is 2.41. The van der Waals surface area contributed by atoms with E-state index in [0.29, 0.717) is 12.8 Å². The fourth-order valence-corrected chi connectivity index (χ4v) is 3.93. The molecule has 2 fully saturated rings. The minimum atomic E-state index is -0.879. The van der Waals surface area contributed by atoms with E-state index in [-0.39, 0.29) is 24.1 Å². The van der Waals surface area contributed by atoms with Crippen LogP contribution in [0.1, 0.15) is 62.7 Å². The highest BCUT2D eigenvalue weighted by molar-refractivity contribution is 5.98. The van der Waals surface area contributed by atoms with E-state index in [2.05, 4.69) is 5.32 Å². The second-order valence-electron chi connectivity index (χ2n) is 7.48. The van der Waals surface area contributed by atoms with Crippen LogP contribution in [0.2, 0.25) is 0 Å². The van der Waals surface area contributed by atoms with Gasteiger partial charge in [0.2, 0.25) is 5.91 Å². The molecule has 1 aromatic rings. The first-order chi connectivity index (χ1) is 12.9. The van der Waals surface area contributed by atoms with Crippen molar-refractivity contribution in [2.45, 2.75) is 70.2 Å². The summed E-state index contributed by atoms with van der Waals surface area (Å²) in [7, 11) is 0. The molecule has 5 nitrogen and oxygen atoms in total. The Hall–Kier alpha value is -2.02. The van der Waals surface area contributed by atoms with Gasteiger partial charge in [-0.1, -0.05) is 13.3 Å². The summed E-state index contributed by atoms with van der Waals surface area (Å²) in [6.45, 7) is 3.93. The van der Waals surface area contributed by atoms with E-state index in [9.17, 15) is 18.4 Å². The largest absolute Gasteiger partial charge is 0.353 e. The molecule has 1 spiro atoms. The molecule has 1 aliphatic carbocycles. The van der Waals surface area contributed by atoms with Crippen LogP contribution in [0.3, 0.4) is 0 Å². The smallest absolute Gasteiger partial charge is 0.257 e. The summed E-state index contributed by atoms with van der Waals surface area (Å²) in [5.41, 5.74) is -0.987. The molecule has 148 valence electrons. The fourth-order valence-electron chi connectivity index (χ4n) is 3.93. The third kappa shape index (κ3) is 3.98. The van der Waals surface area contributed by atoms with E-state index in [4.69, 9.17) is 4.74 Å². The van der Waals surface area contributed by atoms with Gasteiger partial charge in [0.25, 0.3) is 5.91 Å². The van der Waals surface area contributed by atoms with Crippen molar-refractivity contribution in [2.75, 3.05) is 6.61 Å². The Labute approximate surface area is 158 Å². The van der Waals surface area contributed by atoms with E-state index in [1.54, 1.807) is 0 Å². The molecule has 3 rings (SSSR count). The molecule has 27 heavy (non-hydrogen) atoms. The Balaban J connectivity index is 1.95. The van der Waals surface area contributed by atoms with Gasteiger partial charge in [-0.25, -0.2) is 8.78 Å². The SMILES string of the molecule is CC[C@H](C)NC(=O)[C@@H]1COC2(CCCCC2)N1C(=O)c1cc(F)cc(F)c1. The van der Waals surface area contributed by atoms with Crippen LogP contribution < -0.4 is 5.32 Å². The summed E-state index contributed by atoms with van der Waals surface area (Å²) in [6, 6.07) is 1.88. The second kappa shape index (κ2) is 7.92. The van der Waals surface area contributed by atoms with Crippen LogP contribution in [0, 0.1) is 11.6 Å². The number of amides is 2. The summed E-state index contributed by atoms with van der Waals surface area (Å²) < 4.78 is 33.3. The molecular weight excluding hydrogens is 354 g/mol. The van der Waals surface area contributed by atoms with Gasteiger partial charge in [0, 0.05) is 17.7 Å². The maximum Gasteiger partial charge on any atom is 0.257 e. The van der Waals surface area contributed by atoms with E-state index in [1.165, 1.54) is 4.90 Å². The summed E-state index contributed by atoms with van der Waals surface area (Å²) in [5.74, 6) is -2.51. The van der Waals surface area contributed by atoms with Crippen molar-refractivity contribution in [3.63, 3.8) is 0 Å². The lowest BCUT2D eigenvalue weighted by molar-refractivity contribution is -0.127. The first kappa shape index (κ1) is 19.7. The van der Waals surface area contributed by atoms with Gasteiger partial charge in [0.05, 0.1) is 6.61 Å². The lowest BCUT2D eigenvalue weighted by atomic mass is 9.89. The van der Waals surface area contributed by atoms with Gasteiger partial charge in [-0.05, 0) is 51.2 Å². The number of nitrogens with one attached hydrogen (secondary N) is 1. The summed E-state index contributed by atoms with van der Waals surface area (Å²) in [4.78, 5) is 27.4. The number of carbonyl (C=O) groups is 2. The van der Waals surface area contributed by atoms with Crippen LogP contribution in [0.5, 0.6) is 0 Å². The lowest BCUT2D eigenvalue weighted by Gasteiger charge is -2.41. The third-order valence-electron chi connectivity index (χ3n) is 5.53. The van der Waals surface area contributed by atoms with Gasteiger partial charge < -0.3 is 10.1 Å². The molecule has 1 saturated heterocycles. The Morgan fingerprint density at radius 2 is 1.85 bits per heavy atom. The van der Waals surface area contributed by atoms with Gasteiger partial charge in [0.1, 0.15) is 23.4 Å². The average molecular weight is 380 g/mol. The van der Waals surface area contributed by atoms with Crippen LogP contribution in [0.4, 0.5) is 8.78 Å². The zero-order valence-corrected chi connectivity index (χ0v) is 15.8. The summed E-state index contributed by atoms with van der Waals surface area (Å²) >= 11 is 0. The Morgan fingerprint density at radius 3 is 2.44 bits per heavy atom. The standard InChI is InChI=1S/C20H26F2N2O3/c1-3-13(2)23-18(25)17-12-27-20(7-5-4-6-8-20)24(17)19(26)14-9-15(21)11-16(22)10-14/h9-11,13,17H,3-8,12H2,1-2H3,(H,23,25)/t13-,17-/m0/s1. The number of ether oxygens (including phenoxy) is 1. The Kier molecular flexibility index (Phi) is 5.79. The van der Waals surface area contributed by atoms with Crippen molar-refractivity contribution in [3.05, 3.63) is 35.4 Å². The minimum absolute atomic E-state index is 0.0380. The monoisotopic (exact) mass is 380 g/mol. The van der Waals surface area contributed by atoms with E-state index < -0.39 is 29.3 Å². The van der Waals surface area contributed by atoms with E-state index in [0.717, 1.165) is 43.9 Å². The maximum atomic E-state index is 13.7. The van der Waals surface area contributed by atoms with Crippen molar-refractivity contribution < 1.29 is 23.1 Å². The number of hydrogen-bond donors (Lipinski definition) is 1. The molecular formula is C20H26F2N2O3. The highest BCUT2D eigenvalue weighted by Gasteiger charge is 2.53. The minimum Gasteiger partial charge on any atom is -0.353 e. The number of benzene rings is 1. The predicted octanol–water partition coefficient (Wildman–Crippen LogP) is 3.38. The molecule has 2 aliphatic rings. The quantitative estimate of drug-likeness (QED) is 0.871. The van der Waals surface area contributed by atoms with E-state index in [1.807, 2.05) is 13.8 Å². The fraction of sp³-hybridized carbons (Fsp3) is 0.600. The molecule has 1 aliphatic heterocycles. The van der Waals surface area contributed by atoms with Gasteiger partial charge >= 0.3 is 0 Å². The Morgan fingerprint density at radius 1 is 1.22 bits per heavy atom. The topological polar surface area (TPSA) is 58.6 Å². The molecule has 1 saturated carbocycles. The van der Waals surface area contributed by atoms with Crippen LogP contribution in [-0.4, -0.2) is 41.1 Å². The lowest BCUT2D eigenvalue weighted by Crippen LogP contribution is -2.57. The van der Waals surface area contributed by atoms with Gasteiger partial charge in [-0.2, -0.15) is 0 Å². The van der Waals surface area contributed by atoms with Crippen LogP contribution in [0.25, 0.3) is 0 Å².